The average Bonchev–Trinajstić information content (AvgIpc) is 2.53. The minimum atomic E-state index is -1.19. The Labute approximate surface area is 121 Å². The van der Waals surface area contributed by atoms with Crippen molar-refractivity contribution >= 4 is 16.8 Å². The Kier molecular flexibility index (Phi) is 5.09. The molecule has 0 N–H and O–H groups in total. The zero-order chi connectivity index (χ0) is 14.5. The summed E-state index contributed by atoms with van der Waals surface area (Å²) in [5.74, 6) is -0.598. The highest BCUT2D eigenvalue weighted by Gasteiger charge is 2.33. The maximum absolute atomic E-state index is 12.5. The van der Waals surface area contributed by atoms with Crippen molar-refractivity contribution in [1.82, 2.24) is 0 Å². The normalized spacial score (nSPS) is 23.8. The number of esters is 1. The Balaban J connectivity index is 2.20. The van der Waals surface area contributed by atoms with Crippen molar-refractivity contribution in [3.63, 3.8) is 0 Å². The second kappa shape index (κ2) is 6.81. The number of hydrogen-bond donors (Lipinski definition) is 0. The molecule has 0 saturated heterocycles. The van der Waals surface area contributed by atoms with Gasteiger partial charge in [0.1, 0.15) is 0 Å². The summed E-state index contributed by atoms with van der Waals surface area (Å²) in [5.41, 5.74) is 0. The molecule has 0 fully saturated rings. The van der Waals surface area contributed by atoms with Crippen LogP contribution in [-0.2, 0) is 25.1 Å². The molecule has 0 amide bonds. The minimum Gasteiger partial charge on any atom is -0.469 e. The molecule has 0 bridgehead atoms. The Morgan fingerprint density at radius 3 is 2.55 bits per heavy atom. The van der Waals surface area contributed by atoms with E-state index in [1.54, 1.807) is 13.2 Å². The first-order valence-corrected chi connectivity index (χ1v) is 7.60. The predicted molar refractivity (Wildman–Crippen MR) is 76.5 cm³/mol. The average molecular weight is 294 g/mol. The lowest BCUT2D eigenvalue weighted by Crippen LogP contribution is -2.32. The minimum absolute atomic E-state index is 0.280. The van der Waals surface area contributed by atoms with Crippen molar-refractivity contribution in [2.75, 3.05) is 14.2 Å². The number of ether oxygens (including phenoxy) is 2. The van der Waals surface area contributed by atoms with Gasteiger partial charge < -0.3 is 9.47 Å². The number of allylic oxidation sites excluding steroid dienone is 1. The van der Waals surface area contributed by atoms with Crippen molar-refractivity contribution in [1.29, 1.82) is 0 Å². The van der Waals surface area contributed by atoms with E-state index in [1.807, 2.05) is 30.3 Å². The van der Waals surface area contributed by atoms with E-state index in [4.69, 9.17) is 9.47 Å². The monoisotopic (exact) mass is 294 g/mol. The van der Waals surface area contributed by atoms with Gasteiger partial charge >= 0.3 is 5.97 Å². The fraction of sp³-hybridized carbons (Fsp3) is 0.400. The first-order valence-electron chi connectivity index (χ1n) is 6.45. The van der Waals surface area contributed by atoms with Gasteiger partial charge in [0, 0.05) is 16.9 Å². The molecule has 1 unspecified atom stereocenters. The SMILES string of the molecule is COC(=O)[C@H]1CCC(S(=O)c2ccccc2)=C[C@@H]1OC. The molecule has 0 aromatic heterocycles. The van der Waals surface area contributed by atoms with E-state index in [0.29, 0.717) is 12.8 Å². The second-order valence-corrected chi connectivity index (χ2v) is 6.12. The van der Waals surface area contributed by atoms with Crippen LogP contribution >= 0.6 is 0 Å². The van der Waals surface area contributed by atoms with Gasteiger partial charge in [0.05, 0.1) is 29.9 Å². The summed E-state index contributed by atoms with van der Waals surface area (Å²) < 4.78 is 22.6. The van der Waals surface area contributed by atoms with Crippen LogP contribution in [0.1, 0.15) is 12.8 Å². The van der Waals surface area contributed by atoms with Gasteiger partial charge in [-0.3, -0.25) is 4.79 Å². The van der Waals surface area contributed by atoms with Gasteiger partial charge in [-0.1, -0.05) is 18.2 Å². The molecule has 4 nitrogen and oxygen atoms in total. The summed E-state index contributed by atoms with van der Waals surface area (Å²) >= 11 is 0. The molecule has 2 rings (SSSR count). The highest BCUT2D eigenvalue weighted by atomic mass is 32.2. The van der Waals surface area contributed by atoms with Gasteiger partial charge in [0.25, 0.3) is 0 Å². The van der Waals surface area contributed by atoms with Gasteiger partial charge in [-0.2, -0.15) is 0 Å². The number of carbonyl (C=O) groups is 1. The zero-order valence-electron chi connectivity index (χ0n) is 11.6. The lowest BCUT2D eigenvalue weighted by Gasteiger charge is -2.27. The highest BCUT2D eigenvalue weighted by Crippen LogP contribution is 2.30. The van der Waals surface area contributed by atoms with Crippen molar-refractivity contribution in [2.24, 2.45) is 5.92 Å². The van der Waals surface area contributed by atoms with E-state index in [-0.39, 0.29) is 18.0 Å². The highest BCUT2D eigenvalue weighted by molar-refractivity contribution is 7.89. The van der Waals surface area contributed by atoms with Crippen LogP contribution in [0.4, 0.5) is 0 Å². The first kappa shape index (κ1) is 14.9. The summed E-state index contributed by atoms with van der Waals surface area (Å²) in [6, 6.07) is 9.29. The summed E-state index contributed by atoms with van der Waals surface area (Å²) in [7, 11) is 1.73. The molecule has 1 aromatic rings. The van der Waals surface area contributed by atoms with Gasteiger partial charge in [-0.15, -0.1) is 0 Å². The number of benzene rings is 1. The number of methoxy groups -OCH3 is 2. The topological polar surface area (TPSA) is 52.6 Å². The standard InChI is InChI=1S/C15H18O4S/c1-18-14-10-12(8-9-13(14)15(16)19-2)20(17)11-6-4-3-5-7-11/h3-7,10,13-14H,8-9H2,1-2H3/t13-,14-,20?/m0/s1. The van der Waals surface area contributed by atoms with Crippen molar-refractivity contribution in [3.05, 3.63) is 41.3 Å². The van der Waals surface area contributed by atoms with Crippen LogP contribution in [0.3, 0.4) is 0 Å². The molecule has 108 valence electrons. The molecule has 0 spiro atoms. The van der Waals surface area contributed by atoms with Gasteiger partial charge in [-0.05, 0) is 31.1 Å². The van der Waals surface area contributed by atoms with E-state index in [2.05, 4.69) is 0 Å². The Hall–Kier alpha value is -1.46. The molecule has 0 aliphatic heterocycles. The molecule has 3 atom stereocenters. The summed E-state index contributed by atoms with van der Waals surface area (Å²) in [5, 5.41) is 0. The van der Waals surface area contributed by atoms with Crippen LogP contribution in [0.2, 0.25) is 0 Å². The molecule has 0 heterocycles. The maximum Gasteiger partial charge on any atom is 0.311 e. The Morgan fingerprint density at radius 1 is 1.25 bits per heavy atom. The lowest BCUT2D eigenvalue weighted by atomic mass is 9.91. The fourth-order valence-corrected chi connectivity index (χ4v) is 3.60. The first-order chi connectivity index (χ1) is 9.67. The fourth-order valence-electron chi connectivity index (χ4n) is 2.33. The van der Waals surface area contributed by atoms with Crippen molar-refractivity contribution in [3.8, 4) is 0 Å². The lowest BCUT2D eigenvalue weighted by molar-refractivity contribution is -0.149. The quantitative estimate of drug-likeness (QED) is 0.799. The molecule has 20 heavy (non-hydrogen) atoms. The Morgan fingerprint density at radius 2 is 1.95 bits per heavy atom. The number of rotatable bonds is 4. The third-order valence-corrected chi connectivity index (χ3v) is 4.94. The molecule has 5 heteroatoms. The van der Waals surface area contributed by atoms with E-state index in [0.717, 1.165) is 9.80 Å². The van der Waals surface area contributed by atoms with E-state index in [9.17, 15) is 9.00 Å². The maximum atomic E-state index is 12.5. The summed E-state index contributed by atoms with van der Waals surface area (Å²) in [4.78, 5) is 13.3. The second-order valence-electron chi connectivity index (χ2n) is 4.58. The van der Waals surface area contributed by atoms with E-state index < -0.39 is 10.8 Å². The van der Waals surface area contributed by atoms with Gasteiger partial charge in [-0.25, -0.2) is 4.21 Å². The summed E-state index contributed by atoms with van der Waals surface area (Å²) in [6.07, 6.45) is 2.63. The summed E-state index contributed by atoms with van der Waals surface area (Å²) in [6.45, 7) is 0. The van der Waals surface area contributed by atoms with Crippen LogP contribution < -0.4 is 0 Å². The molecular formula is C15H18O4S. The zero-order valence-corrected chi connectivity index (χ0v) is 12.4. The van der Waals surface area contributed by atoms with Crippen LogP contribution in [-0.4, -0.2) is 30.5 Å². The van der Waals surface area contributed by atoms with E-state index in [1.165, 1.54) is 7.11 Å². The van der Waals surface area contributed by atoms with E-state index >= 15 is 0 Å². The Bertz CT molecular complexity index is 524. The van der Waals surface area contributed by atoms with Crippen LogP contribution in [0, 0.1) is 5.92 Å². The predicted octanol–water partition coefficient (Wildman–Crippen LogP) is 2.28. The van der Waals surface area contributed by atoms with Crippen LogP contribution in [0.15, 0.2) is 46.2 Å². The number of hydrogen-bond acceptors (Lipinski definition) is 4. The van der Waals surface area contributed by atoms with Crippen molar-refractivity contribution in [2.45, 2.75) is 23.8 Å². The molecule has 0 saturated carbocycles. The molecule has 1 aliphatic rings. The van der Waals surface area contributed by atoms with Crippen molar-refractivity contribution < 1.29 is 18.5 Å². The van der Waals surface area contributed by atoms with Crippen LogP contribution in [0.5, 0.6) is 0 Å². The molecule has 1 aromatic carbocycles. The van der Waals surface area contributed by atoms with Gasteiger partial charge in [0.15, 0.2) is 0 Å². The molecular weight excluding hydrogens is 276 g/mol. The third-order valence-electron chi connectivity index (χ3n) is 3.42. The van der Waals surface area contributed by atoms with Gasteiger partial charge in [0.2, 0.25) is 0 Å². The van der Waals surface area contributed by atoms with Crippen LogP contribution in [0.25, 0.3) is 0 Å². The molecule has 1 aliphatic carbocycles. The number of carbonyl (C=O) groups excluding carboxylic acids is 1. The molecule has 0 radical (unpaired) electrons. The smallest absolute Gasteiger partial charge is 0.311 e. The largest absolute Gasteiger partial charge is 0.469 e. The third kappa shape index (κ3) is 3.16.